The molecule has 6 aliphatic heterocycles. The average molecular weight is 1850 g/mol. The Morgan fingerprint density at radius 1 is 0.457 bits per heavy atom. The number of methoxy groups -OCH3 is 6. The molecule has 0 aromatic heterocycles. The summed E-state index contributed by atoms with van der Waals surface area (Å²) < 4.78 is 110. The van der Waals surface area contributed by atoms with Crippen molar-refractivity contribution in [3.63, 3.8) is 0 Å². The zero-order valence-corrected chi connectivity index (χ0v) is 82.8. The van der Waals surface area contributed by atoms with Crippen molar-refractivity contribution in [1.82, 2.24) is 10.6 Å². The topological polar surface area (TPSA) is 372 Å². The number of nitrogens with zero attached hydrogens (tertiary/aromatic N) is 2. The molecule has 7 unspecified atom stereocenters. The standard InChI is InChI=1S/C16H28BNO6.C15H27BNO5P.3C11H21BO4.C6H11BO3.C6H15N.C6H14O.C3H4ClN.3CH4/c1-6-10-13(24-12(20)8-7-11(19)18-4)14(15(17)23-10)22-9-16(2,3)21-5;1-7-11-12(22-23(6)20-9-8-17-4)13(14(16)21-11)19-10-15(2,3)18-5;3*1-5-7-8(13)9(10(12)16-7)15-6-11(2,3)14-4;1-2-3-4(8)5(9)6(7)10-3;1-5(2)7-6(3)4;1-5-6(2,3)7-4;4-2-1-3-5;;;/h10,13-15H,6-9H2,1-5H3,(H,18,19);11-14H,7-10H2,1-3,5-6H3;3*7-10,13H,5-6H2,1-4H3;3-6,8-9H,2H2,1H3;5-7H,1-4H3;5H2,1-4H3;1-2H2;3*1H4/t10-,13?,14+,15-;11-,12?,13+,14-,23?;3*7-,8?,9+,10-;3-,4?,5+,6-;;;;;;/m111111....../s1. The van der Waals surface area contributed by atoms with E-state index in [1.54, 1.807) is 42.7 Å². The van der Waals surface area contributed by atoms with Crippen LogP contribution in [0.4, 0.5) is 0 Å². The zero-order valence-electron chi connectivity index (χ0n) is 81.1. The smallest absolute Gasteiger partial charge is 0.306 e. The van der Waals surface area contributed by atoms with Crippen LogP contribution in [0, 0.1) is 17.9 Å². The second-order valence-corrected chi connectivity index (χ2v) is 36.4. The molecule has 127 heavy (non-hydrogen) atoms. The fourth-order valence-electron chi connectivity index (χ4n) is 11.4. The Balaban J connectivity index is -0.000000334. The summed E-state index contributed by atoms with van der Waals surface area (Å²) in [5, 5.41) is 61.5. The molecule has 6 aliphatic rings. The lowest BCUT2D eigenvalue weighted by Crippen LogP contribution is -2.42. The van der Waals surface area contributed by atoms with Gasteiger partial charge in [-0.05, 0) is 128 Å². The third-order valence-electron chi connectivity index (χ3n) is 20.6. The van der Waals surface area contributed by atoms with Crippen molar-refractivity contribution >= 4 is 78.9 Å². The predicted octanol–water partition coefficient (Wildman–Crippen LogP) is 9.56. The Morgan fingerprint density at radius 2 is 0.740 bits per heavy atom. The van der Waals surface area contributed by atoms with Crippen molar-refractivity contribution in [2.75, 3.05) is 108 Å². The van der Waals surface area contributed by atoms with Gasteiger partial charge in [0, 0.05) is 123 Å². The van der Waals surface area contributed by atoms with E-state index in [2.05, 4.69) is 63.9 Å². The number of carbonyl (C=O) groups is 2. The minimum absolute atomic E-state index is 0. The number of ether oxygens (including phenoxy) is 18. The summed E-state index contributed by atoms with van der Waals surface area (Å²) in [7, 11) is 44.9. The number of amides is 1. The monoisotopic (exact) mass is 1850 g/mol. The first kappa shape index (κ1) is 136. The third kappa shape index (κ3) is 55.1. The summed E-state index contributed by atoms with van der Waals surface area (Å²) in [6.45, 7) is 56.8. The van der Waals surface area contributed by atoms with Gasteiger partial charge in [0.25, 0.3) is 0 Å². The molecule has 0 aromatic rings. The molecule has 0 saturated carbocycles. The molecule has 6 heterocycles. The van der Waals surface area contributed by atoms with Gasteiger partial charge in [-0.3, -0.25) is 9.59 Å². The molecule has 0 bridgehead atoms. The SMILES string of the molecule is C.C.C.CC(C)NC(C)C.CCC(C)(C)OC.N#CCCCl.[B][C@@H]1O[C@H](CC)C(O)[C@@H]1O.[B][C@@H]1O[C@H](CC)C(O)[C@@H]1OCC(C)(C)OC.[B][C@@H]1O[C@H](CC)C(O)[C@@H]1OCC(C)(C)OC.[B][C@@H]1O[C@H](CC)C(O)[C@@H]1OCC(C)(C)OC.[B][C@@H]1O[C@H](CC)C(OC(=O)CCC(=O)NC)[C@@H]1OCC(C)(C)OC.[B][C@@H]1O[C@H](CC)C(OP(C)OCC[N+]#[C-])[C@@H]1OCC(C)(C)OC. The van der Waals surface area contributed by atoms with Gasteiger partial charge in [-0.25, -0.2) is 6.57 Å². The normalized spacial score (nSPS) is 29.2. The van der Waals surface area contributed by atoms with Crippen LogP contribution in [0.25, 0.3) is 4.85 Å². The Morgan fingerprint density at radius 3 is 0.961 bits per heavy atom. The third-order valence-corrected chi connectivity index (χ3v) is 21.9. The fourth-order valence-corrected chi connectivity index (χ4v) is 12.5. The van der Waals surface area contributed by atoms with Gasteiger partial charge in [0.05, 0.1) is 122 Å². The molecule has 25 atom stereocenters. The number of hydrogen-bond donors (Lipinski definition) is 7. The van der Waals surface area contributed by atoms with Crippen LogP contribution in [0.1, 0.15) is 246 Å². The van der Waals surface area contributed by atoms with Crippen LogP contribution in [-0.4, -0.2) is 385 Å². The zero-order chi connectivity index (χ0) is 96.4. The molecular weight excluding hydrogens is 1680 g/mol. The highest BCUT2D eigenvalue weighted by atomic mass is 35.5. The molecule has 0 aliphatic carbocycles. The Hall–Kier alpha value is -1.97. The molecule has 7 N–H and O–H groups in total. The van der Waals surface area contributed by atoms with Crippen molar-refractivity contribution < 1.29 is 129 Å². The molecule has 12 radical (unpaired) electrons. The van der Waals surface area contributed by atoms with Gasteiger partial charge in [-0.15, -0.1) is 11.6 Å². The van der Waals surface area contributed by atoms with Gasteiger partial charge in [0.2, 0.25) is 12.5 Å². The molecule has 6 fully saturated rings. The average Bonchev–Trinajstić information content (AvgIpc) is 1.68. The molecule has 6 saturated heterocycles. The first-order valence-corrected chi connectivity index (χ1v) is 45.5. The van der Waals surface area contributed by atoms with Gasteiger partial charge < -0.3 is 135 Å². The first-order valence-electron chi connectivity index (χ1n) is 43.3. The van der Waals surface area contributed by atoms with Crippen molar-refractivity contribution in [2.24, 2.45) is 0 Å². The van der Waals surface area contributed by atoms with Crippen LogP contribution in [0.3, 0.4) is 0 Å². The molecular formula is C88H174B6ClN4O27P. The van der Waals surface area contributed by atoms with Gasteiger partial charge in [-0.2, -0.15) is 5.26 Å². The number of hydrogen-bond acceptors (Lipinski definition) is 29. The minimum atomic E-state index is -1.11. The maximum atomic E-state index is 12.0. The lowest BCUT2D eigenvalue weighted by atomic mass is 9.92. The van der Waals surface area contributed by atoms with E-state index < -0.39 is 123 Å². The number of aliphatic hydroxyl groups is 5. The Kier molecular flexibility index (Phi) is 75.5. The minimum Gasteiger partial charge on any atom is -0.457 e. The number of rotatable bonds is 40. The first-order chi connectivity index (χ1) is 57.6. The van der Waals surface area contributed by atoms with Gasteiger partial charge in [-0.1, -0.05) is 98.4 Å². The maximum Gasteiger partial charge on any atom is 0.306 e. The van der Waals surface area contributed by atoms with Crippen LogP contribution in [0.5, 0.6) is 0 Å². The predicted molar refractivity (Wildman–Crippen MR) is 507 cm³/mol. The number of alkyl halides is 1. The van der Waals surface area contributed by atoms with E-state index in [-0.39, 0.29) is 119 Å². The number of nitriles is 1. The van der Waals surface area contributed by atoms with E-state index in [1.807, 2.05) is 124 Å². The Labute approximate surface area is 783 Å². The molecule has 39 heteroatoms. The number of carbonyl (C=O) groups excluding carboxylic acids is 2. The van der Waals surface area contributed by atoms with E-state index in [0.717, 1.165) is 32.1 Å². The van der Waals surface area contributed by atoms with Crippen LogP contribution in [0.2, 0.25) is 0 Å². The lowest BCUT2D eigenvalue weighted by Gasteiger charge is -2.30. The Bertz CT molecular complexity index is 2710. The van der Waals surface area contributed by atoms with E-state index in [0.29, 0.717) is 76.8 Å². The molecule has 31 nitrogen and oxygen atoms in total. The largest absolute Gasteiger partial charge is 0.457 e. The quantitative estimate of drug-likeness (QED) is 0.00749. The van der Waals surface area contributed by atoms with Crippen LogP contribution >= 0.6 is 20.0 Å². The second-order valence-electron chi connectivity index (χ2n) is 34.7. The molecule has 1 amide bonds. The molecule has 6 rings (SSSR count). The van der Waals surface area contributed by atoms with E-state index in [4.69, 9.17) is 170 Å². The van der Waals surface area contributed by atoms with Gasteiger partial charge in [0.1, 0.15) is 115 Å². The van der Waals surface area contributed by atoms with Crippen LogP contribution < -0.4 is 10.6 Å². The van der Waals surface area contributed by atoms with E-state index in [1.165, 1.54) is 7.05 Å². The van der Waals surface area contributed by atoms with E-state index in [9.17, 15) is 30.0 Å². The summed E-state index contributed by atoms with van der Waals surface area (Å²) in [6.07, 6.45) is -2.57. The second kappa shape index (κ2) is 70.6. The number of esters is 1. The fraction of sp³-hybridized carbons (Fsp3) is 0.955. The number of nitrogens with one attached hydrogen (secondary N) is 2. The van der Waals surface area contributed by atoms with E-state index >= 15 is 0 Å². The highest BCUT2D eigenvalue weighted by molar-refractivity contribution is 7.46. The lowest BCUT2D eigenvalue weighted by molar-refractivity contribution is -0.161. The highest BCUT2D eigenvalue weighted by Crippen LogP contribution is 2.41. The summed E-state index contributed by atoms with van der Waals surface area (Å²) >= 11 is 5.08. The molecule has 0 spiro atoms. The van der Waals surface area contributed by atoms with Crippen molar-refractivity contribution in [2.45, 2.75) is 437 Å². The van der Waals surface area contributed by atoms with Crippen molar-refractivity contribution in [3.8, 4) is 6.07 Å². The van der Waals surface area contributed by atoms with Crippen LogP contribution in [0.15, 0.2) is 0 Å². The van der Waals surface area contributed by atoms with Gasteiger partial charge in [0.15, 0.2) is 14.5 Å². The maximum absolute atomic E-state index is 12.0. The molecule has 738 valence electrons. The summed E-state index contributed by atoms with van der Waals surface area (Å²) in [4.78, 5) is 26.5. The van der Waals surface area contributed by atoms with Crippen molar-refractivity contribution in [3.05, 3.63) is 11.4 Å². The summed E-state index contributed by atoms with van der Waals surface area (Å²) in [5.41, 5.74) is -1.97. The summed E-state index contributed by atoms with van der Waals surface area (Å²) in [6, 6.07) is -0.493. The number of aliphatic hydroxyl groups excluding tert-OH is 5. The van der Waals surface area contributed by atoms with Crippen LogP contribution in [-0.2, 0) is 104 Å². The van der Waals surface area contributed by atoms with Crippen molar-refractivity contribution in [1.29, 1.82) is 5.26 Å². The van der Waals surface area contributed by atoms with Gasteiger partial charge >= 0.3 is 5.97 Å². The summed E-state index contributed by atoms with van der Waals surface area (Å²) in [5.74, 6) is -0.233. The molecule has 0 aromatic carbocycles. The highest BCUT2D eigenvalue weighted by Gasteiger charge is 2.49. The number of halogens is 1.